The summed E-state index contributed by atoms with van der Waals surface area (Å²) in [7, 11) is 0. The van der Waals surface area contributed by atoms with E-state index in [4.69, 9.17) is 4.74 Å². The zero-order valence-electron chi connectivity index (χ0n) is 11.7. The molecular formula is C15H15BrFNO2S. The summed E-state index contributed by atoms with van der Waals surface area (Å²) in [5.41, 5.74) is 1.33. The summed E-state index contributed by atoms with van der Waals surface area (Å²) >= 11 is 4.85. The molecule has 2 aromatic rings. The first kappa shape index (κ1) is 16.0. The van der Waals surface area contributed by atoms with Gasteiger partial charge in [-0.05, 0) is 65.0 Å². The highest BCUT2D eigenvalue weighted by atomic mass is 79.9. The number of esters is 1. The fourth-order valence-corrected chi connectivity index (χ4v) is 3.59. The Hall–Kier alpha value is -1.40. The molecule has 0 bridgehead atoms. The van der Waals surface area contributed by atoms with Crippen molar-refractivity contribution in [1.82, 2.24) is 0 Å². The van der Waals surface area contributed by atoms with Crippen LogP contribution in [0.2, 0.25) is 0 Å². The van der Waals surface area contributed by atoms with Gasteiger partial charge in [0.25, 0.3) is 0 Å². The molecule has 1 N–H and O–H groups in total. The number of aryl methyl sites for hydroxylation is 1. The number of carbonyl (C=O) groups is 1. The van der Waals surface area contributed by atoms with Crippen molar-refractivity contribution in [3.05, 3.63) is 50.4 Å². The van der Waals surface area contributed by atoms with Gasteiger partial charge in [0.15, 0.2) is 6.04 Å². The monoisotopic (exact) mass is 371 g/mol. The molecule has 0 aliphatic heterocycles. The Balaban J connectivity index is 2.32. The van der Waals surface area contributed by atoms with E-state index < -0.39 is 6.04 Å². The van der Waals surface area contributed by atoms with Gasteiger partial charge < -0.3 is 10.1 Å². The van der Waals surface area contributed by atoms with E-state index in [-0.39, 0.29) is 11.8 Å². The summed E-state index contributed by atoms with van der Waals surface area (Å²) in [6.07, 6.45) is 0. The topological polar surface area (TPSA) is 38.3 Å². The molecule has 1 aromatic heterocycles. The normalized spacial score (nSPS) is 12.0. The molecule has 0 spiro atoms. The van der Waals surface area contributed by atoms with Crippen LogP contribution in [0.15, 0.2) is 34.1 Å². The first-order valence-corrected chi connectivity index (χ1v) is 8.11. The van der Waals surface area contributed by atoms with Crippen LogP contribution in [0.1, 0.15) is 23.4 Å². The molecule has 0 aliphatic carbocycles. The van der Waals surface area contributed by atoms with Crippen molar-refractivity contribution in [1.29, 1.82) is 0 Å². The van der Waals surface area contributed by atoms with Crippen molar-refractivity contribution in [3.8, 4) is 0 Å². The Morgan fingerprint density at radius 3 is 2.81 bits per heavy atom. The highest BCUT2D eigenvalue weighted by molar-refractivity contribution is 9.10. The molecule has 0 amide bonds. The van der Waals surface area contributed by atoms with Gasteiger partial charge in [0.1, 0.15) is 5.82 Å². The van der Waals surface area contributed by atoms with Crippen molar-refractivity contribution in [2.75, 3.05) is 11.9 Å². The van der Waals surface area contributed by atoms with Crippen LogP contribution in [0, 0.1) is 12.7 Å². The second-order valence-electron chi connectivity index (χ2n) is 4.48. The Kier molecular flexibility index (Phi) is 5.36. The minimum atomic E-state index is -0.666. The van der Waals surface area contributed by atoms with Crippen molar-refractivity contribution in [3.63, 3.8) is 0 Å². The van der Waals surface area contributed by atoms with Crippen LogP contribution < -0.4 is 5.32 Å². The standard InChI is InChI=1S/C15H15BrFNO2S/c1-3-20-15(19)13(14-12(16)4-5-21-14)18-11-7-9(2)6-10(17)8-11/h4-8,13,18H,3H2,1-2H3. The van der Waals surface area contributed by atoms with E-state index in [9.17, 15) is 9.18 Å². The van der Waals surface area contributed by atoms with Crippen molar-refractivity contribution < 1.29 is 13.9 Å². The van der Waals surface area contributed by atoms with Crippen LogP contribution in [0.5, 0.6) is 0 Å². The van der Waals surface area contributed by atoms with Gasteiger partial charge in [-0.25, -0.2) is 9.18 Å². The SMILES string of the molecule is CCOC(=O)C(Nc1cc(C)cc(F)c1)c1sccc1Br. The van der Waals surface area contributed by atoms with E-state index in [2.05, 4.69) is 21.2 Å². The van der Waals surface area contributed by atoms with Gasteiger partial charge in [-0.3, -0.25) is 0 Å². The summed E-state index contributed by atoms with van der Waals surface area (Å²) in [6.45, 7) is 3.85. The summed E-state index contributed by atoms with van der Waals surface area (Å²) in [6, 6.07) is 5.79. The van der Waals surface area contributed by atoms with E-state index in [0.29, 0.717) is 12.3 Å². The lowest BCUT2D eigenvalue weighted by atomic mass is 10.2. The molecule has 0 radical (unpaired) electrons. The highest BCUT2D eigenvalue weighted by Gasteiger charge is 2.25. The van der Waals surface area contributed by atoms with Crippen LogP contribution in [0.4, 0.5) is 10.1 Å². The summed E-state index contributed by atoms with van der Waals surface area (Å²) in [4.78, 5) is 13.0. The third-order valence-corrected chi connectivity index (χ3v) is 4.72. The van der Waals surface area contributed by atoms with Crippen molar-refractivity contribution in [2.45, 2.75) is 19.9 Å². The number of thiophene rings is 1. The number of nitrogens with one attached hydrogen (secondary N) is 1. The number of ether oxygens (including phenoxy) is 1. The Morgan fingerprint density at radius 2 is 2.24 bits per heavy atom. The maximum absolute atomic E-state index is 13.5. The quantitative estimate of drug-likeness (QED) is 0.775. The van der Waals surface area contributed by atoms with Crippen LogP contribution in [0.3, 0.4) is 0 Å². The lowest BCUT2D eigenvalue weighted by Gasteiger charge is -2.18. The van der Waals surface area contributed by atoms with Gasteiger partial charge in [0.05, 0.1) is 11.5 Å². The molecule has 21 heavy (non-hydrogen) atoms. The van der Waals surface area contributed by atoms with Gasteiger partial charge in [-0.2, -0.15) is 0 Å². The van der Waals surface area contributed by atoms with E-state index >= 15 is 0 Å². The maximum atomic E-state index is 13.5. The molecule has 0 fully saturated rings. The zero-order valence-corrected chi connectivity index (χ0v) is 14.1. The molecule has 1 heterocycles. The second kappa shape index (κ2) is 7.04. The Labute approximate surface area is 135 Å². The average Bonchev–Trinajstić information content (AvgIpc) is 2.81. The van der Waals surface area contributed by atoms with Crippen LogP contribution >= 0.6 is 27.3 Å². The molecule has 0 saturated carbocycles. The van der Waals surface area contributed by atoms with Gasteiger partial charge >= 0.3 is 5.97 Å². The minimum Gasteiger partial charge on any atom is -0.464 e. The van der Waals surface area contributed by atoms with Crippen LogP contribution in [-0.2, 0) is 9.53 Å². The van der Waals surface area contributed by atoms with Gasteiger partial charge in [0, 0.05) is 10.2 Å². The maximum Gasteiger partial charge on any atom is 0.334 e. The Morgan fingerprint density at radius 1 is 1.48 bits per heavy atom. The molecule has 0 saturated heterocycles. The number of anilines is 1. The lowest BCUT2D eigenvalue weighted by Crippen LogP contribution is -2.23. The predicted molar refractivity (Wildman–Crippen MR) is 86.2 cm³/mol. The number of carbonyl (C=O) groups excluding carboxylic acids is 1. The van der Waals surface area contributed by atoms with Crippen molar-refractivity contribution >= 4 is 38.9 Å². The number of halogens is 2. The Bertz CT molecular complexity index is 624. The number of benzene rings is 1. The molecule has 112 valence electrons. The third-order valence-electron chi connectivity index (χ3n) is 2.78. The molecule has 0 aliphatic rings. The minimum absolute atomic E-state index is 0.294. The van der Waals surface area contributed by atoms with Gasteiger partial charge in [-0.1, -0.05) is 0 Å². The fraction of sp³-hybridized carbons (Fsp3) is 0.267. The molecule has 3 nitrogen and oxygen atoms in total. The van der Waals surface area contributed by atoms with Crippen LogP contribution in [0.25, 0.3) is 0 Å². The summed E-state index contributed by atoms with van der Waals surface area (Å²) < 4.78 is 19.4. The lowest BCUT2D eigenvalue weighted by molar-refractivity contribution is -0.144. The van der Waals surface area contributed by atoms with E-state index in [0.717, 1.165) is 14.9 Å². The first-order chi connectivity index (χ1) is 10.0. The van der Waals surface area contributed by atoms with Crippen molar-refractivity contribution in [2.24, 2.45) is 0 Å². The van der Waals surface area contributed by atoms with E-state index in [1.54, 1.807) is 19.9 Å². The fourth-order valence-electron chi connectivity index (χ4n) is 1.95. The molecule has 1 atom stereocenters. The number of rotatable bonds is 5. The van der Waals surface area contributed by atoms with Gasteiger partial charge in [0.2, 0.25) is 0 Å². The number of hydrogen-bond acceptors (Lipinski definition) is 4. The average molecular weight is 372 g/mol. The van der Waals surface area contributed by atoms with E-state index in [1.165, 1.54) is 23.5 Å². The highest BCUT2D eigenvalue weighted by Crippen LogP contribution is 2.32. The zero-order chi connectivity index (χ0) is 15.4. The van der Waals surface area contributed by atoms with Crippen LogP contribution in [-0.4, -0.2) is 12.6 Å². The second-order valence-corrected chi connectivity index (χ2v) is 6.28. The molecular weight excluding hydrogens is 357 g/mol. The smallest absolute Gasteiger partial charge is 0.334 e. The van der Waals surface area contributed by atoms with Gasteiger partial charge in [-0.15, -0.1) is 11.3 Å². The predicted octanol–water partition coefficient (Wildman–Crippen LogP) is 4.67. The molecule has 2 rings (SSSR count). The summed E-state index contributed by atoms with van der Waals surface area (Å²) in [5, 5.41) is 4.93. The molecule has 1 unspecified atom stereocenters. The third kappa shape index (κ3) is 4.04. The largest absolute Gasteiger partial charge is 0.464 e. The van der Waals surface area contributed by atoms with E-state index in [1.807, 2.05) is 11.4 Å². The molecule has 6 heteroatoms. The molecule has 1 aromatic carbocycles. The number of hydrogen-bond donors (Lipinski definition) is 1. The first-order valence-electron chi connectivity index (χ1n) is 6.44. The summed E-state index contributed by atoms with van der Waals surface area (Å²) in [5.74, 6) is -0.729.